The quantitative estimate of drug-likeness (QED) is 0.0633. The van der Waals surface area contributed by atoms with Gasteiger partial charge in [-0.3, -0.25) is 14.4 Å². The van der Waals surface area contributed by atoms with Gasteiger partial charge in [-0.25, -0.2) is 43.9 Å². The van der Waals surface area contributed by atoms with Crippen LogP contribution in [0.25, 0.3) is 66.9 Å². The highest BCUT2D eigenvalue weighted by molar-refractivity contribution is 6.00. The molecule has 0 saturated carbocycles. The van der Waals surface area contributed by atoms with Crippen LogP contribution >= 0.6 is 0 Å². The average molecular weight is 1440 g/mol. The van der Waals surface area contributed by atoms with Crippen molar-refractivity contribution in [3.8, 4) is 68.3 Å². The average Bonchev–Trinajstić information content (AvgIpc) is 1.63. The van der Waals surface area contributed by atoms with Crippen molar-refractivity contribution in [1.82, 2.24) is 78.8 Å². The summed E-state index contributed by atoms with van der Waals surface area (Å²) in [6, 6.07) is 52.6. The predicted molar refractivity (Wildman–Crippen MR) is 413 cm³/mol. The summed E-state index contributed by atoms with van der Waals surface area (Å²) in [7, 11) is 5.56. The Morgan fingerprint density at radius 1 is 0.411 bits per heavy atom. The highest BCUT2D eigenvalue weighted by atomic mass is 16.5. The van der Waals surface area contributed by atoms with Crippen LogP contribution < -0.4 is 31.4 Å². The van der Waals surface area contributed by atoms with Gasteiger partial charge in [-0.2, -0.15) is 15.3 Å². The first-order chi connectivity index (χ1) is 52.3. The smallest absolute Gasteiger partial charge is 0.246 e. The Bertz CT molecular complexity index is 5090. The number of piperidine rings is 3. The molecule has 107 heavy (non-hydrogen) atoms. The van der Waals surface area contributed by atoms with Gasteiger partial charge < -0.3 is 55.7 Å². The molecule has 6 aromatic heterocycles. The fourth-order valence-corrected chi connectivity index (χ4v) is 13.3. The number of para-hydroxylation sites is 3. The molecule has 3 aliphatic heterocycles. The zero-order valence-electron chi connectivity index (χ0n) is 60.2. The zero-order chi connectivity index (χ0) is 74.2. The molecule has 0 aliphatic carbocycles. The zero-order valence-corrected chi connectivity index (χ0v) is 60.2. The number of rotatable bonds is 19. The Hall–Kier alpha value is -12.7. The number of likely N-dealkylation sites (N-methyl/N-ethyl adjacent to an activating group) is 1. The lowest BCUT2D eigenvalue weighted by Gasteiger charge is -2.31. The first-order valence-corrected chi connectivity index (χ1v) is 35.7. The fraction of sp³-hybridized carbons (Fsp3) is 0.259. The molecule has 26 heteroatoms. The first kappa shape index (κ1) is 72.7. The van der Waals surface area contributed by atoms with Crippen molar-refractivity contribution in [3.63, 3.8) is 0 Å². The molecule has 3 fully saturated rings. The molecular weight excluding hydrogens is 1350 g/mol. The number of nitrogens with zero attached hydrogens (tertiary/aromatic N) is 16. The third-order valence-corrected chi connectivity index (χ3v) is 18.8. The lowest BCUT2D eigenvalue weighted by molar-refractivity contribution is -0.128. The minimum absolute atomic E-state index is 0.000827. The molecule has 3 saturated heterocycles. The molecule has 0 spiro atoms. The van der Waals surface area contributed by atoms with Gasteiger partial charge in [0.1, 0.15) is 88.0 Å². The molecule has 6 aromatic carbocycles. The Morgan fingerprint density at radius 3 is 0.991 bits per heavy atom. The fourth-order valence-electron chi connectivity index (χ4n) is 13.3. The molecule has 15 rings (SSSR count). The summed E-state index contributed by atoms with van der Waals surface area (Å²) < 4.78 is 28.6. The van der Waals surface area contributed by atoms with E-state index in [1.54, 1.807) is 37.5 Å². The number of hydrogen-bond acceptors (Lipinski definition) is 20. The number of hydrogen-bond donors (Lipinski definition) is 3. The molecule has 12 aromatic rings. The van der Waals surface area contributed by atoms with E-state index in [0.717, 1.165) is 129 Å². The second-order valence-corrected chi connectivity index (χ2v) is 26.3. The topological polar surface area (TPSA) is 310 Å². The normalized spacial score (nSPS) is 14.6. The third kappa shape index (κ3) is 17.4. The number of benzene rings is 6. The largest absolute Gasteiger partial charge is 0.457 e. The lowest BCUT2D eigenvalue weighted by atomic mass is 10.1. The second-order valence-electron chi connectivity index (χ2n) is 26.3. The van der Waals surface area contributed by atoms with Crippen molar-refractivity contribution in [2.45, 2.75) is 63.6 Å². The minimum atomic E-state index is 0.000827. The highest BCUT2D eigenvalue weighted by Crippen LogP contribution is 2.40. The number of carbonyl (C=O) groups excluding carboxylic acids is 3. The summed E-state index contributed by atoms with van der Waals surface area (Å²) in [4.78, 5) is 71.0. The summed E-state index contributed by atoms with van der Waals surface area (Å²) in [5, 5.41) is 17.1. The van der Waals surface area contributed by atoms with Crippen LogP contribution in [0.15, 0.2) is 219 Å². The van der Waals surface area contributed by atoms with E-state index in [9.17, 15) is 14.4 Å². The highest BCUT2D eigenvalue weighted by Gasteiger charge is 2.31. The molecule has 3 aliphatic rings. The van der Waals surface area contributed by atoms with Crippen LogP contribution in [0.1, 0.15) is 63.6 Å². The lowest BCUT2D eigenvalue weighted by Crippen LogP contribution is -2.38. The van der Waals surface area contributed by atoms with Gasteiger partial charge in [0.15, 0.2) is 16.9 Å². The molecule has 546 valence electrons. The number of amides is 3. The number of aromatic nitrogens is 12. The van der Waals surface area contributed by atoms with E-state index in [2.05, 4.69) is 29.9 Å². The number of anilines is 3. The van der Waals surface area contributed by atoms with Crippen LogP contribution in [0.3, 0.4) is 0 Å². The van der Waals surface area contributed by atoms with E-state index in [4.69, 9.17) is 51.4 Å². The number of methoxy groups -OCH3 is 1. The summed E-state index contributed by atoms with van der Waals surface area (Å²) in [5.41, 5.74) is 25.9. The SMILES string of the molecule is C/C=C/C(=O)N1CCC(n2nc(-c3ccc(Oc4ccccc4)cc3)c3c(N)ncnc32)CC1.CN(C)C/C=C/C(=O)N1CCC(n2nc(-c3ccc(Oc4ccccc4)cc3)c3c(N)ncnc32)CC1.COC/C=C/C(=O)N1CCC(n2nc(-c3ccc(Oc4ccccc4)cc3)c3c(N)ncnc32)CC1. The van der Waals surface area contributed by atoms with E-state index in [0.29, 0.717) is 80.3 Å². The van der Waals surface area contributed by atoms with Crippen LogP contribution in [0.4, 0.5) is 17.5 Å². The maximum absolute atomic E-state index is 12.6. The van der Waals surface area contributed by atoms with Crippen molar-refractivity contribution in [3.05, 3.63) is 219 Å². The summed E-state index contributed by atoms with van der Waals surface area (Å²) in [6.45, 7) is 6.99. The van der Waals surface area contributed by atoms with Crippen molar-refractivity contribution >= 4 is 68.3 Å². The van der Waals surface area contributed by atoms with Gasteiger partial charge >= 0.3 is 0 Å². The monoisotopic (exact) mass is 1440 g/mol. The molecular formula is C81H85N19O7. The first-order valence-electron chi connectivity index (χ1n) is 35.7. The van der Waals surface area contributed by atoms with Gasteiger partial charge in [0, 0.05) is 81.8 Å². The molecule has 0 unspecified atom stereocenters. The predicted octanol–water partition coefficient (Wildman–Crippen LogP) is 13.0. The Morgan fingerprint density at radius 2 is 0.701 bits per heavy atom. The van der Waals surface area contributed by atoms with Gasteiger partial charge in [0.05, 0.1) is 40.9 Å². The molecule has 0 atom stereocenters. The van der Waals surface area contributed by atoms with E-state index >= 15 is 0 Å². The van der Waals surface area contributed by atoms with E-state index in [1.165, 1.54) is 19.0 Å². The number of fused-ring (bicyclic) bond motifs is 3. The summed E-state index contributed by atoms with van der Waals surface area (Å²) >= 11 is 0. The van der Waals surface area contributed by atoms with Gasteiger partial charge in [-0.05, 0) is 175 Å². The maximum atomic E-state index is 12.6. The number of allylic oxidation sites excluding steroid dienone is 1. The maximum Gasteiger partial charge on any atom is 0.246 e. The van der Waals surface area contributed by atoms with E-state index in [1.807, 2.05) is 225 Å². The second kappa shape index (κ2) is 34.3. The van der Waals surface area contributed by atoms with Crippen LogP contribution in [0.5, 0.6) is 34.5 Å². The summed E-state index contributed by atoms with van der Waals surface area (Å²) in [5.74, 6) is 5.83. The molecule has 9 heterocycles. The van der Waals surface area contributed by atoms with Crippen molar-refractivity contribution in [2.75, 3.05) is 90.8 Å². The molecule has 3 amide bonds. The number of nitrogen functional groups attached to an aromatic ring is 3. The van der Waals surface area contributed by atoms with Gasteiger partial charge in [-0.15, -0.1) is 0 Å². The van der Waals surface area contributed by atoms with Crippen LogP contribution in [-0.2, 0) is 19.1 Å². The van der Waals surface area contributed by atoms with E-state index in [-0.39, 0.29) is 35.8 Å². The Balaban J connectivity index is 0.000000142. The van der Waals surface area contributed by atoms with Crippen molar-refractivity contribution in [1.29, 1.82) is 0 Å². The van der Waals surface area contributed by atoms with Gasteiger partial charge in [0.2, 0.25) is 17.7 Å². The molecule has 6 N–H and O–H groups in total. The summed E-state index contributed by atoms with van der Waals surface area (Å²) in [6.07, 6.45) is 19.4. The van der Waals surface area contributed by atoms with Crippen LogP contribution in [0, 0.1) is 0 Å². The number of ether oxygens (including phenoxy) is 4. The number of nitrogens with two attached hydrogens (primary N) is 3. The van der Waals surface area contributed by atoms with Crippen molar-refractivity contribution < 1.29 is 33.3 Å². The van der Waals surface area contributed by atoms with E-state index < -0.39 is 0 Å². The van der Waals surface area contributed by atoms with Gasteiger partial charge in [0.25, 0.3) is 0 Å². The number of carbonyl (C=O) groups is 3. The molecule has 0 bridgehead atoms. The molecule has 0 radical (unpaired) electrons. The third-order valence-electron chi connectivity index (χ3n) is 18.8. The minimum Gasteiger partial charge on any atom is -0.457 e. The standard InChI is InChI=1S/C28H31N7O2.C27H28N6O3.C26H26N6O2/c1-33(2)16-6-9-24(36)34-17-14-21(15-18-34)35-28-25(27(29)30-19-31-28)26(32-35)20-10-12-23(13-11-20)37-22-7-4-3-5-8-22;1-35-17-5-8-23(34)32-15-13-20(14-16-32)33-27-24(26(28)29-18-30-27)25(31-33)19-9-11-22(12-10-19)36-21-6-3-2-4-7-21;1-2-6-22(33)31-15-13-19(14-16-31)32-26-23(25(27)28-17-29-26)24(30-32)18-9-11-21(12-10-18)34-20-7-4-3-5-8-20/h3-13,19,21H,14-18H2,1-2H3,(H2,29,30,31);2-12,18,20H,13-17H2,1H3,(H2,28,29,30);2-12,17,19H,13-16H2,1H3,(H2,27,28,29)/b9-6+;8-5+;6-2+. The van der Waals surface area contributed by atoms with Gasteiger partial charge in [-0.1, -0.05) is 72.8 Å². The number of likely N-dealkylation sites (tertiary alicyclic amines) is 3. The van der Waals surface area contributed by atoms with Crippen LogP contribution in [0.2, 0.25) is 0 Å². The Labute approximate surface area is 619 Å². The molecule has 26 nitrogen and oxygen atoms in total. The van der Waals surface area contributed by atoms with Crippen LogP contribution in [-0.4, -0.2) is 170 Å². The van der Waals surface area contributed by atoms with Crippen molar-refractivity contribution in [2.24, 2.45) is 0 Å². The Kier molecular flexibility index (Phi) is 23.3.